The average Bonchev–Trinajstić information content (AvgIpc) is 2.62. The van der Waals surface area contributed by atoms with Crippen LogP contribution in [0.25, 0.3) is 0 Å². The maximum atomic E-state index is 12.3. The van der Waals surface area contributed by atoms with Gasteiger partial charge in [0.2, 0.25) is 5.91 Å². The minimum absolute atomic E-state index is 0.0541. The number of hydrogen-bond acceptors (Lipinski definition) is 5. The molecule has 1 saturated heterocycles. The molecule has 0 atom stereocenters. The van der Waals surface area contributed by atoms with E-state index in [0.717, 1.165) is 30.3 Å². The molecule has 5 nitrogen and oxygen atoms in total. The third-order valence-electron chi connectivity index (χ3n) is 4.08. The van der Waals surface area contributed by atoms with Gasteiger partial charge in [0.1, 0.15) is 5.75 Å². The summed E-state index contributed by atoms with van der Waals surface area (Å²) in [5, 5.41) is 3.56. The summed E-state index contributed by atoms with van der Waals surface area (Å²) in [6, 6.07) is 10.9. The normalized spacial score (nSPS) is 14.8. The highest BCUT2D eigenvalue weighted by Crippen LogP contribution is 2.30. The molecule has 1 fully saturated rings. The van der Waals surface area contributed by atoms with Crippen molar-refractivity contribution in [1.82, 2.24) is 0 Å². The molecule has 0 aromatic heterocycles. The minimum Gasteiger partial charge on any atom is -0.369 e. The second-order valence-corrected chi connectivity index (χ2v) is 10.1. The monoisotopic (exact) mass is 444 g/mol. The molecule has 0 unspecified atom stereocenters. The standard InChI is InChI=1S/C18H18Cl2N2O3S2/c19-13-1-4-15(5-2-13)27(24,25)12-18(23)21-14-3-6-17(16(20)11-14)22-7-9-26-10-8-22/h1-6,11H,7-10,12H2,(H,21,23). The smallest absolute Gasteiger partial charge is 0.239 e. The number of nitrogens with zero attached hydrogens (tertiary/aromatic N) is 1. The van der Waals surface area contributed by atoms with E-state index in [1.807, 2.05) is 17.8 Å². The Morgan fingerprint density at radius 1 is 1.07 bits per heavy atom. The van der Waals surface area contributed by atoms with Crippen molar-refractivity contribution in [3.63, 3.8) is 0 Å². The largest absolute Gasteiger partial charge is 0.369 e. The van der Waals surface area contributed by atoms with Crippen LogP contribution in [0.5, 0.6) is 0 Å². The molecule has 27 heavy (non-hydrogen) atoms. The van der Waals surface area contributed by atoms with Crippen LogP contribution in [0.1, 0.15) is 0 Å². The molecule has 2 aromatic rings. The summed E-state index contributed by atoms with van der Waals surface area (Å²) < 4.78 is 24.7. The quantitative estimate of drug-likeness (QED) is 0.755. The van der Waals surface area contributed by atoms with Crippen LogP contribution in [0.3, 0.4) is 0 Å². The SMILES string of the molecule is O=C(CS(=O)(=O)c1ccc(Cl)cc1)Nc1ccc(N2CCSCC2)c(Cl)c1. The molecular weight excluding hydrogens is 427 g/mol. The average molecular weight is 445 g/mol. The Bertz CT molecular complexity index is 928. The highest BCUT2D eigenvalue weighted by atomic mass is 35.5. The predicted molar refractivity (Wildman–Crippen MR) is 113 cm³/mol. The van der Waals surface area contributed by atoms with Crippen LogP contribution in [0.2, 0.25) is 10.0 Å². The van der Waals surface area contributed by atoms with Crippen LogP contribution in [-0.4, -0.2) is 44.7 Å². The van der Waals surface area contributed by atoms with E-state index >= 15 is 0 Å². The van der Waals surface area contributed by atoms with E-state index in [0.29, 0.717) is 15.7 Å². The van der Waals surface area contributed by atoms with Gasteiger partial charge >= 0.3 is 0 Å². The van der Waals surface area contributed by atoms with Gasteiger partial charge in [-0.25, -0.2) is 8.42 Å². The number of rotatable bonds is 5. The Hall–Kier alpha value is -1.41. The molecular formula is C18H18Cl2N2O3S2. The van der Waals surface area contributed by atoms with Crippen molar-refractivity contribution < 1.29 is 13.2 Å². The molecule has 2 aromatic carbocycles. The van der Waals surface area contributed by atoms with Gasteiger partial charge < -0.3 is 10.2 Å². The van der Waals surface area contributed by atoms with Crippen molar-refractivity contribution in [3.8, 4) is 0 Å². The number of sulfone groups is 1. The summed E-state index contributed by atoms with van der Waals surface area (Å²) in [5.41, 5.74) is 1.38. The Labute approximate surface area is 172 Å². The topological polar surface area (TPSA) is 66.5 Å². The third-order valence-corrected chi connectivity index (χ3v) is 7.21. The van der Waals surface area contributed by atoms with Gasteiger partial charge in [0.25, 0.3) is 0 Å². The second kappa shape index (κ2) is 8.73. The number of amides is 1. The van der Waals surface area contributed by atoms with Gasteiger partial charge in [0.15, 0.2) is 9.84 Å². The van der Waals surface area contributed by atoms with Crippen LogP contribution in [-0.2, 0) is 14.6 Å². The van der Waals surface area contributed by atoms with Crippen LogP contribution < -0.4 is 10.2 Å². The van der Waals surface area contributed by atoms with E-state index in [4.69, 9.17) is 23.2 Å². The maximum Gasteiger partial charge on any atom is 0.239 e. The molecule has 0 spiro atoms. The van der Waals surface area contributed by atoms with Crippen molar-refractivity contribution in [2.75, 3.05) is 40.6 Å². The summed E-state index contributed by atoms with van der Waals surface area (Å²) in [4.78, 5) is 14.5. The summed E-state index contributed by atoms with van der Waals surface area (Å²) in [7, 11) is -3.75. The molecule has 0 bridgehead atoms. The molecule has 1 aliphatic heterocycles. The van der Waals surface area contributed by atoms with Gasteiger partial charge in [-0.1, -0.05) is 23.2 Å². The number of halogens is 2. The number of hydrogen-bond donors (Lipinski definition) is 1. The van der Waals surface area contributed by atoms with E-state index < -0.39 is 21.5 Å². The first-order valence-electron chi connectivity index (χ1n) is 8.25. The fraction of sp³-hybridized carbons (Fsp3) is 0.278. The lowest BCUT2D eigenvalue weighted by Crippen LogP contribution is -2.32. The van der Waals surface area contributed by atoms with E-state index in [2.05, 4.69) is 10.2 Å². The van der Waals surface area contributed by atoms with Crippen molar-refractivity contribution in [1.29, 1.82) is 0 Å². The van der Waals surface area contributed by atoms with Crippen LogP contribution >= 0.6 is 35.0 Å². The number of benzene rings is 2. The van der Waals surface area contributed by atoms with Gasteiger partial charge in [-0.15, -0.1) is 0 Å². The highest BCUT2D eigenvalue weighted by Gasteiger charge is 2.20. The highest BCUT2D eigenvalue weighted by molar-refractivity contribution is 7.99. The molecule has 3 rings (SSSR count). The lowest BCUT2D eigenvalue weighted by molar-refractivity contribution is -0.113. The summed E-state index contributed by atoms with van der Waals surface area (Å²) in [6.45, 7) is 1.85. The first-order valence-corrected chi connectivity index (χ1v) is 11.8. The first kappa shape index (κ1) is 20.3. The van der Waals surface area contributed by atoms with Crippen molar-refractivity contribution in [2.24, 2.45) is 0 Å². The van der Waals surface area contributed by atoms with E-state index in [-0.39, 0.29) is 4.90 Å². The predicted octanol–water partition coefficient (Wildman–Crippen LogP) is 3.96. The second-order valence-electron chi connectivity index (χ2n) is 6.03. The molecule has 0 saturated carbocycles. The van der Waals surface area contributed by atoms with Gasteiger partial charge in [-0.05, 0) is 42.5 Å². The molecule has 0 aliphatic carbocycles. The number of carbonyl (C=O) groups is 1. The summed E-state index contributed by atoms with van der Waals surface area (Å²) in [5.74, 6) is 0.828. The van der Waals surface area contributed by atoms with E-state index in [1.54, 1.807) is 12.1 Å². The van der Waals surface area contributed by atoms with E-state index in [9.17, 15) is 13.2 Å². The third kappa shape index (κ3) is 5.31. The number of thioether (sulfide) groups is 1. The molecule has 144 valence electrons. The Kier molecular flexibility index (Phi) is 6.57. The molecule has 1 aliphatic rings. The Morgan fingerprint density at radius 3 is 2.37 bits per heavy atom. The van der Waals surface area contributed by atoms with Crippen molar-refractivity contribution >= 4 is 62.1 Å². The molecule has 0 radical (unpaired) electrons. The van der Waals surface area contributed by atoms with Gasteiger partial charge in [-0.3, -0.25) is 4.79 Å². The van der Waals surface area contributed by atoms with Crippen molar-refractivity contribution in [3.05, 3.63) is 52.5 Å². The fourth-order valence-electron chi connectivity index (χ4n) is 2.74. The summed E-state index contributed by atoms with van der Waals surface area (Å²) in [6.07, 6.45) is 0. The Balaban J connectivity index is 1.67. The zero-order valence-corrected chi connectivity index (χ0v) is 17.5. The van der Waals surface area contributed by atoms with Crippen LogP contribution in [0, 0.1) is 0 Å². The van der Waals surface area contributed by atoms with Crippen LogP contribution in [0.4, 0.5) is 11.4 Å². The Morgan fingerprint density at radius 2 is 1.74 bits per heavy atom. The first-order chi connectivity index (χ1) is 12.8. The molecule has 1 heterocycles. The zero-order valence-electron chi connectivity index (χ0n) is 14.3. The fourth-order valence-corrected chi connectivity index (χ4v) is 5.20. The molecule has 1 amide bonds. The molecule has 9 heteroatoms. The lowest BCUT2D eigenvalue weighted by atomic mass is 10.2. The van der Waals surface area contributed by atoms with Gasteiger partial charge in [0.05, 0.1) is 15.6 Å². The van der Waals surface area contributed by atoms with Crippen molar-refractivity contribution in [2.45, 2.75) is 4.90 Å². The lowest BCUT2D eigenvalue weighted by Gasteiger charge is -2.29. The number of carbonyl (C=O) groups excluding carboxylic acids is 1. The number of nitrogens with one attached hydrogen (secondary N) is 1. The number of anilines is 2. The summed E-state index contributed by atoms with van der Waals surface area (Å²) >= 11 is 14.0. The van der Waals surface area contributed by atoms with Gasteiger partial charge in [-0.2, -0.15) is 11.8 Å². The van der Waals surface area contributed by atoms with E-state index in [1.165, 1.54) is 24.3 Å². The van der Waals surface area contributed by atoms with Crippen LogP contribution in [0.15, 0.2) is 47.4 Å². The zero-order chi connectivity index (χ0) is 19.4. The van der Waals surface area contributed by atoms with Gasteiger partial charge in [0, 0.05) is 35.3 Å². The minimum atomic E-state index is -3.75. The molecule has 1 N–H and O–H groups in total. The maximum absolute atomic E-state index is 12.3.